The SMILES string of the molecule is O=C(Cc1ccccc1)C(F)(F)CCCOCc1ccccc1. The molecular formula is C19H20F2O2. The predicted octanol–water partition coefficient (Wildman–Crippen LogP) is 4.43. The average molecular weight is 318 g/mol. The number of ether oxygens (including phenoxy) is 1. The number of carbonyl (C=O) groups excluding carboxylic acids is 1. The summed E-state index contributed by atoms with van der Waals surface area (Å²) in [6.45, 7) is 0.605. The summed E-state index contributed by atoms with van der Waals surface area (Å²) in [6, 6.07) is 18.1. The number of ketones is 1. The molecule has 0 saturated heterocycles. The monoisotopic (exact) mass is 318 g/mol. The molecule has 4 heteroatoms. The van der Waals surface area contributed by atoms with Gasteiger partial charge in [0.15, 0.2) is 0 Å². The molecule has 2 rings (SSSR count). The fraction of sp³-hybridized carbons (Fsp3) is 0.316. The number of Topliss-reactive ketones (excluding diaryl/α,β-unsaturated/α-hetero) is 1. The summed E-state index contributed by atoms with van der Waals surface area (Å²) in [7, 11) is 0. The largest absolute Gasteiger partial charge is 0.377 e. The van der Waals surface area contributed by atoms with E-state index in [4.69, 9.17) is 4.74 Å². The van der Waals surface area contributed by atoms with Crippen molar-refractivity contribution in [2.75, 3.05) is 6.61 Å². The third kappa shape index (κ3) is 5.91. The Balaban J connectivity index is 1.70. The van der Waals surface area contributed by atoms with Crippen LogP contribution in [0, 0.1) is 0 Å². The Morgan fingerprint density at radius 2 is 1.48 bits per heavy atom. The molecule has 0 saturated carbocycles. The first-order chi connectivity index (χ1) is 11.1. The molecule has 0 atom stereocenters. The number of carbonyl (C=O) groups is 1. The minimum absolute atomic E-state index is 0.153. The van der Waals surface area contributed by atoms with Gasteiger partial charge < -0.3 is 4.74 Å². The van der Waals surface area contributed by atoms with Crippen molar-refractivity contribution in [3.05, 3.63) is 71.8 Å². The number of alkyl halides is 2. The van der Waals surface area contributed by atoms with E-state index in [1.165, 1.54) is 0 Å². The quantitative estimate of drug-likeness (QED) is 0.639. The van der Waals surface area contributed by atoms with E-state index in [9.17, 15) is 13.6 Å². The molecular weight excluding hydrogens is 298 g/mol. The fourth-order valence-electron chi connectivity index (χ4n) is 2.21. The van der Waals surface area contributed by atoms with E-state index < -0.39 is 18.1 Å². The molecule has 0 aromatic heterocycles. The van der Waals surface area contributed by atoms with Gasteiger partial charge in [-0.05, 0) is 17.5 Å². The van der Waals surface area contributed by atoms with E-state index in [0.29, 0.717) is 12.2 Å². The highest BCUT2D eigenvalue weighted by atomic mass is 19.3. The van der Waals surface area contributed by atoms with Crippen LogP contribution in [0.2, 0.25) is 0 Å². The third-order valence-electron chi connectivity index (χ3n) is 3.51. The summed E-state index contributed by atoms with van der Waals surface area (Å²) >= 11 is 0. The average Bonchev–Trinajstić information content (AvgIpc) is 2.56. The van der Waals surface area contributed by atoms with Gasteiger partial charge in [0.25, 0.3) is 0 Å². The number of benzene rings is 2. The second-order valence-corrected chi connectivity index (χ2v) is 5.43. The van der Waals surface area contributed by atoms with E-state index in [0.717, 1.165) is 5.56 Å². The zero-order valence-corrected chi connectivity index (χ0v) is 12.9. The summed E-state index contributed by atoms with van der Waals surface area (Å²) < 4.78 is 33.1. The molecule has 0 amide bonds. The van der Waals surface area contributed by atoms with Crippen LogP contribution in [0.25, 0.3) is 0 Å². The van der Waals surface area contributed by atoms with Crippen LogP contribution in [0.4, 0.5) is 8.78 Å². The fourth-order valence-corrected chi connectivity index (χ4v) is 2.21. The van der Waals surface area contributed by atoms with Gasteiger partial charge >= 0.3 is 5.92 Å². The molecule has 0 aliphatic carbocycles. The minimum atomic E-state index is -3.30. The maximum absolute atomic E-state index is 13.8. The van der Waals surface area contributed by atoms with Crippen LogP contribution in [0.3, 0.4) is 0 Å². The van der Waals surface area contributed by atoms with E-state index in [-0.39, 0.29) is 19.4 Å². The van der Waals surface area contributed by atoms with Crippen LogP contribution in [0.1, 0.15) is 24.0 Å². The second kappa shape index (κ2) is 8.53. The predicted molar refractivity (Wildman–Crippen MR) is 85.4 cm³/mol. The Morgan fingerprint density at radius 3 is 2.09 bits per heavy atom. The van der Waals surface area contributed by atoms with Crippen molar-refractivity contribution in [2.24, 2.45) is 0 Å². The Kier molecular flexibility index (Phi) is 6.41. The molecule has 0 unspecified atom stereocenters. The summed E-state index contributed by atoms with van der Waals surface area (Å²) in [5, 5.41) is 0. The summed E-state index contributed by atoms with van der Waals surface area (Å²) in [5.41, 5.74) is 1.61. The van der Waals surface area contributed by atoms with Gasteiger partial charge in [-0.25, -0.2) is 0 Å². The van der Waals surface area contributed by atoms with Crippen LogP contribution in [0.5, 0.6) is 0 Å². The first-order valence-corrected chi connectivity index (χ1v) is 7.65. The van der Waals surface area contributed by atoms with E-state index in [1.807, 2.05) is 30.3 Å². The molecule has 23 heavy (non-hydrogen) atoms. The molecule has 2 nitrogen and oxygen atoms in total. The van der Waals surface area contributed by atoms with Crippen molar-refractivity contribution >= 4 is 5.78 Å². The van der Waals surface area contributed by atoms with Crippen LogP contribution in [0.15, 0.2) is 60.7 Å². The molecule has 0 spiro atoms. The first kappa shape index (κ1) is 17.3. The van der Waals surface area contributed by atoms with Gasteiger partial charge in [-0.3, -0.25) is 4.79 Å². The maximum atomic E-state index is 13.8. The highest BCUT2D eigenvalue weighted by Crippen LogP contribution is 2.23. The van der Waals surface area contributed by atoms with Gasteiger partial charge in [0.05, 0.1) is 6.61 Å². The lowest BCUT2D eigenvalue weighted by Gasteiger charge is -2.15. The number of hydrogen-bond donors (Lipinski definition) is 0. The Morgan fingerprint density at radius 1 is 0.913 bits per heavy atom. The van der Waals surface area contributed by atoms with Gasteiger partial charge in [0, 0.05) is 19.4 Å². The lowest BCUT2D eigenvalue weighted by molar-refractivity contribution is -0.143. The van der Waals surface area contributed by atoms with Crippen LogP contribution >= 0.6 is 0 Å². The molecule has 0 radical (unpaired) electrons. The zero-order valence-electron chi connectivity index (χ0n) is 12.9. The highest BCUT2D eigenvalue weighted by Gasteiger charge is 2.37. The standard InChI is InChI=1S/C19H20F2O2/c20-19(21,18(22)14-16-8-3-1-4-9-16)12-7-13-23-15-17-10-5-2-6-11-17/h1-6,8-11H,7,12-15H2. The molecule has 0 bridgehead atoms. The van der Waals surface area contributed by atoms with E-state index in [1.54, 1.807) is 30.3 Å². The molecule has 0 aliphatic heterocycles. The lowest BCUT2D eigenvalue weighted by atomic mass is 10.0. The van der Waals surface area contributed by atoms with Gasteiger partial charge in [0.2, 0.25) is 5.78 Å². The van der Waals surface area contributed by atoms with Crippen LogP contribution < -0.4 is 0 Å². The maximum Gasteiger partial charge on any atom is 0.305 e. The number of rotatable bonds is 9. The second-order valence-electron chi connectivity index (χ2n) is 5.43. The minimum Gasteiger partial charge on any atom is -0.377 e. The van der Waals surface area contributed by atoms with Crippen LogP contribution in [-0.4, -0.2) is 18.3 Å². The third-order valence-corrected chi connectivity index (χ3v) is 3.51. The van der Waals surface area contributed by atoms with Gasteiger partial charge in [-0.15, -0.1) is 0 Å². The molecule has 122 valence electrons. The molecule has 0 N–H and O–H groups in total. The summed E-state index contributed by atoms with van der Waals surface area (Å²) in [6.07, 6.45) is -0.563. The van der Waals surface area contributed by atoms with Crippen molar-refractivity contribution in [1.29, 1.82) is 0 Å². The first-order valence-electron chi connectivity index (χ1n) is 7.65. The number of hydrogen-bond acceptors (Lipinski definition) is 2. The molecule has 0 aliphatic rings. The van der Waals surface area contributed by atoms with Crippen molar-refractivity contribution in [1.82, 2.24) is 0 Å². The van der Waals surface area contributed by atoms with Crippen molar-refractivity contribution < 1.29 is 18.3 Å². The lowest BCUT2D eigenvalue weighted by Crippen LogP contribution is -2.30. The van der Waals surface area contributed by atoms with Crippen molar-refractivity contribution in [3.63, 3.8) is 0 Å². The molecule has 2 aromatic rings. The molecule has 0 fully saturated rings. The Hall–Kier alpha value is -2.07. The number of halogens is 2. The Bertz CT molecular complexity index is 597. The van der Waals surface area contributed by atoms with Crippen LogP contribution in [-0.2, 0) is 22.6 Å². The van der Waals surface area contributed by atoms with E-state index in [2.05, 4.69) is 0 Å². The van der Waals surface area contributed by atoms with Crippen molar-refractivity contribution in [3.8, 4) is 0 Å². The zero-order chi connectivity index (χ0) is 16.5. The molecule has 2 aromatic carbocycles. The van der Waals surface area contributed by atoms with E-state index >= 15 is 0 Å². The normalized spacial score (nSPS) is 11.4. The summed E-state index contributed by atoms with van der Waals surface area (Å²) in [4.78, 5) is 11.7. The van der Waals surface area contributed by atoms with Crippen molar-refractivity contribution in [2.45, 2.75) is 31.8 Å². The Labute approximate surface area is 135 Å². The molecule has 0 heterocycles. The summed E-state index contributed by atoms with van der Waals surface area (Å²) in [5.74, 6) is -4.34. The van der Waals surface area contributed by atoms with Gasteiger partial charge in [-0.1, -0.05) is 60.7 Å². The van der Waals surface area contributed by atoms with Gasteiger partial charge in [0.1, 0.15) is 0 Å². The van der Waals surface area contributed by atoms with Gasteiger partial charge in [-0.2, -0.15) is 8.78 Å². The topological polar surface area (TPSA) is 26.3 Å². The highest BCUT2D eigenvalue weighted by molar-refractivity contribution is 5.87. The smallest absolute Gasteiger partial charge is 0.305 e.